The van der Waals surface area contributed by atoms with Gasteiger partial charge in [0.05, 0.1) is 36.5 Å². The van der Waals surface area contributed by atoms with E-state index < -0.39 is 17.6 Å². The van der Waals surface area contributed by atoms with Gasteiger partial charge in [-0.2, -0.15) is 13.2 Å². The summed E-state index contributed by atoms with van der Waals surface area (Å²) >= 11 is 6.10. The van der Waals surface area contributed by atoms with E-state index in [4.69, 9.17) is 16.3 Å². The zero-order chi connectivity index (χ0) is 24.3. The molecule has 1 aromatic heterocycles. The minimum atomic E-state index is -4.49. The summed E-state index contributed by atoms with van der Waals surface area (Å²) in [5.41, 5.74) is 0.0655. The average molecular weight is 495 g/mol. The zero-order valence-corrected chi connectivity index (χ0v) is 18.4. The lowest BCUT2D eigenvalue weighted by atomic mass is 10.0. The molecular weight excluding hydrogens is 476 g/mol. The highest BCUT2D eigenvalue weighted by atomic mass is 35.5. The number of hydrogen-bond acceptors (Lipinski definition) is 6. The number of aromatic nitrogens is 2. The molecule has 0 amide bonds. The Balaban J connectivity index is 1.57. The Labute approximate surface area is 197 Å². The molecule has 1 aliphatic rings. The smallest absolute Gasteiger partial charge is 0.416 e. The Morgan fingerprint density at radius 3 is 2.65 bits per heavy atom. The fourth-order valence-electron chi connectivity index (χ4n) is 3.45. The average Bonchev–Trinajstić information content (AvgIpc) is 2.83. The molecular formula is C23H19ClF4N4O2. The van der Waals surface area contributed by atoms with Crippen LogP contribution in [0.2, 0.25) is 5.02 Å². The Morgan fingerprint density at radius 2 is 1.91 bits per heavy atom. The van der Waals surface area contributed by atoms with E-state index >= 15 is 0 Å². The summed E-state index contributed by atoms with van der Waals surface area (Å²) in [6.45, 7) is 1.94. The maximum absolute atomic E-state index is 14.2. The number of phenolic OH excluding ortho intramolecular Hbond substituents is 1. The highest BCUT2D eigenvalue weighted by molar-refractivity contribution is 6.32. The summed E-state index contributed by atoms with van der Waals surface area (Å²) in [5.74, 6) is -0.386. The Hall–Kier alpha value is -3.24. The standard InChI is InChI=1S/C23H19ClF4N4O2/c24-18-10-15(14-2-1-3-17(9-14)23(26,27)28)8-16(21(18)33)11-29-13-20-30-12-19(25)22(31-20)32-4-6-34-7-5-32/h1-3,8-12,33H,4-7,13H2. The summed E-state index contributed by atoms with van der Waals surface area (Å²) in [6, 6.07) is 7.64. The number of benzene rings is 2. The number of halogens is 5. The predicted molar refractivity (Wildman–Crippen MR) is 120 cm³/mol. The summed E-state index contributed by atoms with van der Waals surface area (Å²) in [4.78, 5) is 14.2. The molecule has 0 bridgehead atoms. The predicted octanol–water partition coefficient (Wildman–Crippen LogP) is 5.12. The molecule has 1 saturated heterocycles. The van der Waals surface area contributed by atoms with Gasteiger partial charge in [-0.25, -0.2) is 14.4 Å². The van der Waals surface area contributed by atoms with Crippen LogP contribution >= 0.6 is 11.6 Å². The minimum Gasteiger partial charge on any atom is -0.506 e. The molecule has 6 nitrogen and oxygen atoms in total. The van der Waals surface area contributed by atoms with Crippen LogP contribution in [0.15, 0.2) is 47.6 Å². The number of aromatic hydroxyl groups is 1. The first kappa shape index (κ1) is 23.9. The number of ether oxygens (including phenoxy) is 1. The molecule has 3 aromatic rings. The third-order valence-corrected chi connectivity index (χ3v) is 5.45. The molecule has 0 saturated carbocycles. The first-order valence-electron chi connectivity index (χ1n) is 10.3. The number of hydrogen-bond donors (Lipinski definition) is 1. The normalized spacial score (nSPS) is 14.7. The molecule has 4 rings (SSSR count). The van der Waals surface area contributed by atoms with Crippen molar-refractivity contribution in [1.29, 1.82) is 0 Å². The van der Waals surface area contributed by atoms with Crippen molar-refractivity contribution in [2.45, 2.75) is 12.7 Å². The Kier molecular flexibility index (Phi) is 6.99. The van der Waals surface area contributed by atoms with Crippen LogP contribution in [0.25, 0.3) is 11.1 Å². The van der Waals surface area contributed by atoms with Gasteiger partial charge in [-0.3, -0.25) is 4.99 Å². The van der Waals surface area contributed by atoms with Gasteiger partial charge in [-0.1, -0.05) is 23.7 Å². The summed E-state index contributed by atoms with van der Waals surface area (Å²) in [7, 11) is 0. The second-order valence-corrected chi connectivity index (χ2v) is 7.91. The van der Waals surface area contributed by atoms with Gasteiger partial charge in [0.1, 0.15) is 5.75 Å². The van der Waals surface area contributed by atoms with Gasteiger partial charge < -0.3 is 14.7 Å². The maximum Gasteiger partial charge on any atom is 0.416 e. The van der Waals surface area contributed by atoms with Crippen molar-refractivity contribution in [3.8, 4) is 16.9 Å². The number of aliphatic imine (C=N–C) groups is 1. The van der Waals surface area contributed by atoms with E-state index in [0.29, 0.717) is 31.9 Å². The van der Waals surface area contributed by atoms with Gasteiger partial charge in [0.25, 0.3) is 0 Å². The van der Waals surface area contributed by atoms with Crippen LogP contribution in [0.3, 0.4) is 0 Å². The van der Waals surface area contributed by atoms with E-state index in [2.05, 4.69) is 15.0 Å². The SMILES string of the molecule is Oc1c(Cl)cc(-c2cccc(C(F)(F)F)c2)cc1C=NCc1ncc(F)c(N2CCOCC2)n1. The minimum absolute atomic E-state index is 0.0114. The van der Waals surface area contributed by atoms with Crippen molar-refractivity contribution < 1.29 is 27.4 Å². The van der Waals surface area contributed by atoms with Crippen molar-refractivity contribution >= 4 is 23.6 Å². The van der Waals surface area contributed by atoms with Gasteiger partial charge in [0.2, 0.25) is 0 Å². The van der Waals surface area contributed by atoms with Crippen molar-refractivity contribution in [2.75, 3.05) is 31.2 Å². The molecule has 0 spiro atoms. The van der Waals surface area contributed by atoms with Gasteiger partial charge in [-0.05, 0) is 35.4 Å². The highest BCUT2D eigenvalue weighted by Gasteiger charge is 2.30. The number of phenols is 1. The Bertz CT molecular complexity index is 1210. The summed E-state index contributed by atoms with van der Waals surface area (Å²) in [5, 5.41) is 10.3. The number of rotatable bonds is 5. The zero-order valence-electron chi connectivity index (χ0n) is 17.7. The topological polar surface area (TPSA) is 70.8 Å². The van der Waals surface area contributed by atoms with E-state index in [0.717, 1.165) is 18.3 Å². The van der Waals surface area contributed by atoms with E-state index in [1.165, 1.54) is 30.5 Å². The largest absolute Gasteiger partial charge is 0.506 e. The fourth-order valence-corrected chi connectivity index (χ4v) is 3.68. The van der Waals surface area contributed by atoms with Gasteiger partial charge in [0.15, 0.2) is 17.5 Å². The second kappa shape index (κ2) is 9.94. The van der Waals surface area contributed by atoms with E-state index in [1.54, 1.807) is 4.90 Å². The van der Waals surface area contributed by atoms with Gasteiger partial charge in [0, 0.05) is 24.9 Å². The molecule has 1 aliphatic heterocycles. The molecule has 178 valence electrons. The number of morpholine rings is 1. The summed E-state index contributed by atoms with van der Waals surface area (Å²) < 4.78 is 58.7. The second-order valence-electron chi connectivity index (χ2n) is 7.50. The monoisotopic (exact) mass is 494 g/mol. The van der Waals surface area contributed by atoms with Crippen LogP contribution in [0, 0.1) is 5.82 Å². The lowest BCUT2D eigenvalue weighted by Crippen LogP contribution is -2.37. The number of nitrogens with zero attached hydrogens (tertiary/aromatic N) is 4. The molecule has 2 heterocycles. The van der Waals surface area contributed by atoms with E-state index in [9.17, 15) is 22.7 Å². The number of alkyl halides is 3. The molecule has 34 heavy (non-hydrogen) atoms. The van der Waals surface area contributed by atoms with Crippen LogP contribution in [0.5, 0.6) is 5.75 Å². The highest BCUT2D eigenvalue weighted by Crippen LogP contribution is 2.36. The molecule has 2 aromatic carbocycles. The van der Waals surface area contributed by atoms with Gasteiger partial charge in [-0.15, -0.1) is 0 Å². The van der Waals surface area contributed by atoms with Crippen molar-refractivity contribution in [2.24, 2.45) is 4.99 Å². The third kappa shape index (κ3) is 5.45. The van der Waals surface area contributed by atoms with Crippen molar-refractivity contribution in [3.05, 3.63) is 70.4 Å². The molecule has 1 fully saturated rings. The van der Waals surface area contributed by atoms with E-state index in [-0.39, 0.29) is 40.1 Å². The molecule has 0 unspecified atom stereocenters. The fraction of sp³-hybridized carbons (Fsp3) is 0.261. The van der Waals surface area contributed by atoms with Crippen LogP contribution in [0.1, 0.15) is 17.0 Å². The maximum atomic E-state index is 14.2. The van der Waals surface area contributed by atoms with Crippen molar-refractivity contribution in [1.82, 2.24) is 9.97 Å². The van der Waals surface area contributed by atoms with E-state index in [1.807, 2.05) is 0 Å². The van der Waals surface area contributed by atoms with Crippen LogP contribution in [-0.4, -0.2) is 47.6 Å². The van der Waals surface area contributed by atoms with Crippen molar-refractivity contribution in [3.63, 3.8) is 0 Å². The van der Waals surface area contributed by atoms with Gasteiger partial charge >= 0.3 is 6.18 Å². The summed E-state index contributed by atoms with van der Waals surface area (Å²) in [6.07, 6.45) is -2.10. The number of anilines is 1. The first-order chi connectivity index (χ1) is 16.2. The van der Waals surface area contributed by atoms with Crippen LogP contribution < -0.4 is 4.90 Å². The third-order valence-electron chi connectivity index (χ3n) is 5.17. The first-order valence-corrected chi connectivity index (χ1v) is 10.6. The molecule has 1 N–H and O–H groups in total. The lowest BCUT2D eigenvalue weighted by Gasteiger charge is -2.28. The van der Waals surface area contributed by atoms with Crippen LogP contribution in [0.4, 0.5) is 23.4 Å². The molecule has 0 aliphatic carbocycles. The molecule has 11 heteroatoms. The molecule has 0 radical (unpaired) electrons. The lowest BCUT2D eigenvalue weighted by molar-refractivity contribution is -0.137. The molecule has 0 atom stereocenters. The quantitative estimate of drug-likeness (QED) is 0.394. The van der Waals surface area contributed by atoms with Crippen LogP contribution in [-0.2, 0) is 17.5 Å². The Morgan fingerprint density at radius 1 is 1.15 bits per heavy atom.